The van der Waals surface area contributed by atoms with E-state index in [1.165, 1.54) is 0 Å². The number of fused-ring (bicyclic) bond motifs is 1. The van der Waals surface area contributed by atoms with Gasteiger partial charge in [-0.05, 0) is 0 Å². The van der Waals surface area contributed by atoms with Crippen LogP contribution in [0.15, 0.2) is 0 Å². The molecular weight excluding hydrogens is 164 g/mol. The summed E-state index contributed by atoms with van der Waals surface area (Å²) in [5, 5.41) is 12.7. The molecule has 0 unspecified atom stereocenters. The average Bonchev–Trinajstić information content (AvgIpc) is 2.45. The van der Waals surface area contributed by atoms with Crippen LogP contribution in [-0.2, 0) is 18.5 Å². The van der Waals surface area contributed by atoms with Gasteiger partial charge in [-0.2, -0.15) is 0 Å². The van der Waals surface area contributed by atoms with Crippen LogP contribution in [0.5, 0.6) is 0 Å². The second-order valence-corrected chi connectivity index (χ2v) is 4.45. The van der Waals surface area contributed by atoms with Crippen LogP contribution in [0.3, 0.4) is 0 Å². The van der Waals surface area contributed by atoms with E-state index in [4.69, 9.17) is 0 Å². The maximum atomic E-state index is 4.29. The van der Waals surface area contributed by atoms with Gasteiger partial charge in [0.25, 0.3) is 0 Å². The minimum Gasteiger partial charge on any atom is -0.312 e. The fourth-order valence-corrected chi connectivity index (χ4v) is 1.59. The minimum atomic E-state index is 0.0859. The molecule has 13 heavy (non-hydrogen) atoms. The summed E-state index contributed by atoms with van der Waals surface area (Å²) in [6.45, 7) is 9.05. The first-order chi connectivity index (χ1) is 6.09. The van der Waals surface area contributed by atoms with Crippen LogP contribution >= 0.6 is 0 Å². The zero-order valence-corrected chi connectivity index (χ0v) is 8.41. The second-order valence-electron chi connectivity index (χ2n) is 4.45. The Morgan fingerprint density at radius 3 is 2.69 bits per heavy atom. The molecule has 0 atom stereocenters. The van der Waals surface area contributed by atoms with Crippen LogP contribution in [0.2, 0.25) is 0 Å². The van der Waals surface area contributed by atoms with Crippen molar-refractivity contribution in [3.05, 3.63) is 11.6 Å². The summed E-state index contributed by atoms with van der Waals surface area (Å²) in [7, 11) is 0. The molecule has 1 aliphatic rings. The molecule has 0 aliphatic carbocycles. The van der Waals surface area contributed by atoms with Gasteiger partial charge in [-0.25, -0.2) is 5.32 Å². The summed E-state index contributed by atoms with van der Waals surface area (Å²) in [5.74, 6) is 2.09. The highest BCUT2D eigenvalue weighted by Crippen LogP contribution is 2.21. The summed E-state index contributed by atoms with van der Waals surface area (Å²) in [5.41, 5.74) is 0.0859. The van der Waals surface area contributed by atoms with E-state index in [0.717, 1.165) is 31.3 Å². The zero-order valence-electron chi connectivity index (χ0n) is 8.41. The lowest BCUT2D eigenvalue weighted by molar-refractivity contribution is 0.443. The molecule has 4 heteroatoms. The van der Waals surface area contributed by atoms with Crippen molar-refractivity contribution in [3.63, 3.8) is 0 Å². The first-order valence-corrected chi connectivity index (χ1v) is 4.65. The van der Waals surface area contributed by atoms with E-state index in [1.54, 1.807) is 0 Å². The maximum Gasteiger partial charge on any atom is 0.148 e. The molecule has 0 saturated heterocycles. The lowest BCUT2D eigenvalue weighted by Crippen LogP contribution is -2.28. The van der Waals surface area contributed by atoms with Crippen LogP contribution in [0, 0.1) is 0 Å². The van der Waals surface area contributed by atoms with Crippen molar-refractivity contribution in [2.45, 2.75) is 39.3 Å². The SMILES string of the molecule is CC(C)(C)c1nnc2n1CC[N]C2. The first kappa shape index (κ1) is 8.69. The molecule has 0 fully saturated rings. The Labute approximate surface area is 78.4 Å². The fourth-order valence-electron chi connectivity index (χ4n) is 1.59. The molecule has 2 heterocycles. The molecule has 0 N–H and O–H groups in total. The molecule has 0 bridgehead atoms. The summed E-state index contributed by atoms with van der Waals surface area (Å²) < 4.78 is 2.20. The number of aromatic nitrogens is 3. The summed E-state index contributed by atoms with van der Waals surface area (Å²) >= 11 is 0. The first-order valence-electron chi connectivity index (χ1n) is 4.65. The largest absolute Gasteiger partial charge is 0.312 e. The smallest absolute Gasteiger partial charge is 0.148 e. The van der Waals surface area contributed by atoms with Gasteiger partial charge in [0.05, 0.1) is 6.54 Å². The van der Waals surface area contributed by atoms with Gasteiger partial charge >= 0.3 is 0 Å². The quantitative estimate of drug-likeness (QED) is 0.588. The van der Waals surface area contributed by atoms with Crippen LogP contribution < -0.4 is 5.32 Å². The van der Waals surface area contributed by atoms with Crippen molar-refractivity contribution in [1.82, 2.24) is 20.1 Å². The van der Waals surface area contributed by atoms with E-state index in [9.17, 15) is 0 Å². The Morgan fingerprint density at radius 2 is 2.00 bits per heavy atom. The van der Waals surface area contributed by atoms with Gasteiger partial charge in [-0.1, -0.05) is 20.8 Å². The topological polar surface area (TPSA) is 44.8 Å². The molecule has 0 amide bonds. The Bertz CT molecular complexity index is 308. The van der Waals surface area contributed by atoms with Crippen LogP contribution in [0.1, 0.15) is 32.4 Å². The molecule has 71 valence electrons. The van der Waals surface area contributed by atoms with Gasteiger partial charge in [0, 0.05) is 18.5 Å². The lowest BCUT2D eigenvalue weighted by atomic mass is 9.95. The van der Waals surface area contributed by atoms with Gasteiger partial charge in [0.1, 0.15) is 11.6 Å². The van der Waals surface area contributed by atoms with Crippen LogP contribution in [0.4, 0.5) is 0 Å². The number of hydrogen-bond donors (Lipinski definition) is 0. The predicted molar refractivity (Wildman–Crippen MR) is 49.4 cm³/mol. The van der Waals surface area contributed by atoms with E-state index in [0.29, 0.717) is 0 Å². The summed E-state index contributed by atoms with van der Waals surface area (Å²) in [6.07, 6.45) is 0. The maximum absolute atomic E-state index is 4.29. The predicted octanol–water partition coefficient (Wildman–Crippen LogP) is 0.694. The Balaban J connectivity index is 2.43. The highest BCUT2D eigenvalue weighted by molar-refractivity contribution is 5.07. The van der Waals surface area contributed by atoms with Gasteiger partial charge in [0.2, 0.25) is 0 Å². The van der Waals surface area contributed by atoms with E-state index < -0.39 is 0 Å². The average molecular weight is 179 g/mol. The molecule has 0 aromatic carbocycles. The van der Waals surface area contributed by atoms with Gasteiger partial charge in [-0.3, -0.25) is 0 Å². The van der Waals surface area contributed by atoms with E-state index in [1.807, 2.05) is 0 Å². The zero-order chi connectivity index (χ0) is 9.47. The third-order valence-corrected chi connectivity index (χ3v) is 2.23. The number of nitrogens with zero attached hydrogens (tertiary/aromatic N) is 4. The molecule has 0 saturated carbocycles. The minimum absolute atomic E-state index is 0.0859. The van der Waals surface area contributed by atoms with Crippen molar-refractivity contribution < 1.29 is 0 Å². The molecule has 2 rings (SSSR count). The standard InChI is InChI=1S/C9H15N4/c1-9(2,3)8-12-11-7-6-10-4-5-13(7)8/h4-6H2,1-3H3. The van der Waals surface area contributed by atoms with Crippen molar-refractivity contribution >= 4 is 0 Å². The molecule has 1 aromatic heterocycles. The van der Waals surface area contributed by atoms with Gasteiger partial charge in [0.15, 0.2) is 0 Å². The molecule has 1 radical (unpaired) electrons. The molecule has 1 aliphatic heterocycles. The molecule has 4 nitrogen and oxygen atoms in total. The van der Waals surface area contributed by atoms with Gasteiger partial charge in [-0.15, -0.1) is 10.2 Å². The van der Waals surface area contributed by atoms with Crippen molar-refractivity contribution in [2.75, 3.05) is 6.54 Å². The second kappa shape index (κ2) is 2.80. The highest BCUT2D eigenvalue weighted by atomic mass is 15.3. The Hall–Kier alpha value is -0.900. The number of rotatable bonds is 0. The number of hydrogen-bond acceptors (Lipinski definition) is 2. The van der Waals surface area contributed by atoms with Crippen molar-refractivity contribution in [2.24, 2.45) is 0 Å². The summed E-state index contributed by atoms with van der Waals surface area (Å²) in [4.78, 5) is 0. The third kappa shape index (κ3) is 1.46. The van der Waals surface area contributed by atoms with E-state index in [2.05, 4.69) is 40.9 Å². The third-order valence-electron chi connectivity index (χ3n) is 2.23. The summed E-state index contributed by atoms with van der Waals surface area (Å²) in [6, 6.07) is 0. The molecule has 0 spiro atoms. The van der Waals surface area contributed by atoms with E-state index in [-0.39, 0.29) is 5.41 Å². The Morgan fingerprint density at radius 1 is 1.23 bits per heavy atom. The molecular formula is C9H15N4. The lowest BCUT2D eigenvalue weighted by Gasteiger charge is -2.21. The molecule has 1 aromatic rings. The van der Waals surface area contributed by atoms with Crippen LogP contribution in [-0.4, -0.2) is 21.3 Å². The Kier molecular flexibility index (Phi) is 1.87. The van der Waals surface area contributed by atoms with Crippen molar-refractivity contribution in [1.29, 1.82) is 0 Å². The normalized spacial score (nSPS) is 17.2. The van der Waals surface area contributed by atoms with Gasteiger partial charge < -0.3 is 4.57 Å². The highest BCUT2D eigenvalue weighted by Gasteiger charge is 2.24. The monoisotopic (exact) mass is 179 g/mol. The van der Waals surface area contributed by atoms with Crippen molar-refractivity contribution in [3.8, 4) is 0 Å². The van der Waals surface area contributed by atoms with E-state index >= 15 is 0 Å². The fraction of sp³-hybridized carbons (Fsp3) is 0.778. The van der Waals surface area contributed by atoms with Crippen LogP contribution in [0.25, 0.3) is 0 Å².